The molecule has 3 atom stereocenters. The lowest BCUT2D eigenvalue weighted by Gasteiger charge is -2.31. The molecule has 3 unspecified atom stereocenters. The molecule has 2 fully saturated rings. The van der Waals surface area contributed by atoms with Crippen LogP contribution in [-0.2, 0) is 22.6 Å². The van der Waals surface area contributed by atoms with Gasteiger partial charge in [0, 0.05) is 37.5 Å². The molecule has 30 heavy (non-hydrogen) atoms. The number of carbonyl (C=O) groups is 2. The van der Waals surface area contributed by atoms with Crippen molar-refractivity contribution in [1.29, 1.82) is 0 Å². The van der Waals surface area contributed by atoms with E-state index in [0.29, 0.717) is 18.8 Å². The van der Waals surface area contributed by atoms with E-state index in [-0.39, 0.29) is 17.7 Å². The number of nitrogens with two attached hydrogens (primary N) is 1. The molecule has 1 saturated carbocycles. The first-order valence-corrected chi connectivity index (χ1v) is 11.0. The van der Waals surface area contributed by atoms with E-state index < -0.39 is 0 Å². The van der Waals surface area contributed by atoms with Crippen LogP contribution in [0.25, 0.3) is 0 Å². The molecule has 1 aliphatic carbocycles. The molecule has 0 spiro atoms. The Morgan fingerprint density at radius 1 is 1.20 bits per heavy atom. The van der Waals surface area contributed by atoms with Gasteiger partial charge in [-0.3, -0.25) is 14.5 Å². The summed E-state index contributed by atoms with van der Waals surface area (Å²) in [6, 6.07) is 12.0. The standard InChI is InChI=1S/C24H31N3O3/c1-16-13-21(16)22-10-8-20(30-22)9-11-23(28)26-19-6-4-17(5-7-19)14-27-12-2-3-18(15-27)24(25)29/h4-8,10,16,18,21H,2-3,9,11-15H2,1H3,(H2,25,29)(H,26,28). The van der Waals surface area contributed by atoms with E-state index in [9.17, 15) is 9.59 Å². The smallest absolute Gasteiger partial charge is 0.224 e. The van der Waals surface area contributed by atoms with Crippen molar-refractivity contribution >= 4 is 17.5 Å². The zero-order valence-corrected chi connectivity index (χ0v) is 17.6. The second-order valence-corrected chi connectivity index (χ2v) is 8.85. The van der Waals surface area contributed by atoms with Crippen LogP contribution >= 0.6 is 0 Å². The molecule has 1 aromatic heterocycles. The summed E-state index contributed by atoms with van der Waals surface area (Å²) in [7, 11) is 0. The summed E-state index contributed by atoms with van der Waals surface area (Å²) >= 11 is 0. The van der Waals surface area contributed by atoms with Gasteiger partial charge in [0.1, 0.15) is 11.5 Å². The molecule has 6 nitrogen and oxygen atoms in total. The second-order valence-electron chi connectivity index (χ2n) is 8.85. The number of benzene rings is 1. The Kier molecular flexibility index (Phi) is 6.23. The molecule has 2 amide bonds. The van der Waals surface area contributed by atoms with E-state index in [1.165, 1.54) is 6.42 Å². The lowest BCUT2D eigenvalue weighted by Crippen LogP contribution is -2.40. The summed E-state index contributed by atoms with van der Waals surface area (Å²) in [5.41, 5.74) is 7.42. The first kappa shape index (κ1) is 20.7. The fourth-order valence-corrected chi connectivity index (χ4v) is 4.29. The molecule has 2 heterocycles. The van der Waals surface area contributed by atoms with Crippen LogP contribution in [0.3, 0.4) is 0 Å². The summed E-state index contributed by atoms with van der Waals surface area (Å²) in [4.78, 5) is 26.0. The maximum atomic E-state index is 12.3. The number of aryl methyl sites for hydroxylation is 1. The third kappa shape index (κ3) is 5.30. The highest BCUT2D eigenvalue weighted by Crippen LogP contribution is 2.47. The van der Waals surface area contributed by atoms with Gasteiger partial charge in [0.05, 0.1) is 5.92 Å². The Balaban J connectivity index is 1.22. The van der Waals surface area contributed by atoms with E-state index in [4.69, 9.17) is 10.2 Å². The van der Waals surface area contributed by atoms with Gasteiger partial charge in [-0.05, 0) is 61.6 Å². The van der Waals surface area contributed by atoms with Crippen molar-refractivity contribution in [3.05, 3.63) is 53.5 Å². The molecule has 160 valence electrons. The quantitative estimate of drug-likeness (QED) is 0.696. The van der Waals surface area contributed by atoms with Crippen LogP contribution < -0.4 is 11.1 Å². The van der Waals surface area contributed by atoms with Crippen LogP contribution in [0.4, 0.5) is 5.69 Å². The van der Waals surface area contributed by atoms with Gasteiger partial charge < -0.3 is 15.5 Å². The van der Waals surface area contributed by atoms with Crippen LogP contribution in [0.1, 0.15) is 55.6 Å². The molecule has 1 saturated heterocycles. The van der Waals surface area contributed by atoms with E-state index >= 15 is 0 Å². The predicted molar refractivity (Wildman–Crippen MR) is 116 cm³/mol. The highest BCUT2D eigenvalue weighted by molar-refractivity contribution is 5.90. The number of nitrogens with one attached hydrogen (secondary N) is 1. The molecule has 2 aliphatic rings. The van der Waals surface area contributed by atoms with Crippen LogP contribution in [0.5, 0.6) is 0 Å². The fourth-order valence-electron chi connectivity index (χ4n) is 4.29. The molecule has 1 aliphatic heterocycles. The number of carbonyl (C=O) groups excluding carboxylic acids is 2. The molecule has 1 aromatic carbocycles. The number of furan rings is 1. The van der Waals surface area contributed by atoms with Gasteiger partial charge in [-0.15, -0.1) is 0 Å². The van der Waals surface area contributed by atoms with E-state index in [0.717, 1.165) is 61.2 Å². The normalized spacial score (nSPS) is 23.8. The Labute approximate surface area is 177 Å². The summed E-state index contributed by atoms with van der Waals surface area (Å²) in [6.45, 7) is 4.73. The number of hydrogen-bond acceptors (Lipinski definition) is 4. The third-order valence-corrected chi connectivity index (χ3v) is 6.31. The SMILES string of the molecule is CC1CC1c1ccc(CCC(=O)Nc2ccc(CN3CCCC(C(N)=O)C3)cc2)o1. The lowest BCUT2D eigenvalue weighted by molar-refractivity contribution is -0.123. The minimum atomic E-state index is -0.203. The van der Waals surface area contributed by atoms with Crippen molar-refractivity contribution in [2.45, 2.75) is 51.5 Å². The van der Waals surface area contributed by atoms with Gasteiger partial charge in [0.2, 0.25) is 11.8 Å². The number of nitrogens with zero attached hydrogens (tertiary/aromatic N) is 1. The van der Waals surface area contributed by atoms with Crippen LogP contribution in [0.15, 0.2) is 40.8 Å². The molecule has 6 heteroatoms. The van der Waals surface area contributed by atoms with Gasteiger partial charge in [0.15, 0.2) is 0 Å². The highest BCUT2D eigenvalue weighted by Gasteiger charge is 2.36. The van der Waals surface area contributed by atoms with Gasteiger partial charge in [0.25, 0.3) is 0 Å². The summed E-state index contributed by atoms with van der Waals surface area (Å²) < 4.78 is 5.88. The molecule has 0 radical (unpaired) electrons. The molecule has 4 rings (SSSR count). The van der Waals surface area contributed by atoms with Crippen molar-refractivity contribution in [2.75, 3.05) is 18.4 Å². The van der Waals surface area contributed by atoms with E-state index in [1.54, 1.807) is 0 Å². The molecular weight excluding hydrogens is 378 g/mol. The van der Waals surface area contributed by atoms with Crippen molar-refractivity contribution in [1.82, 2.24) is 4.90 Å². The topological polar surface area (TPSA) is 88.6 Å². The van der Waals surface area contributed by atoms with Gasteiger partial charge in [-0.2, -0.15) is 0 Å². The number of anilines is 1. The average Bonchev–Trinajstić information content (AvgIpc) is 3.28. The zero-order chi connectivity index (χ0) is 21.1. The van der Waals surface area contributed by atoms with Gasteiger partial charge in [-0.1, -0.05) is 19.1 Å². The largest absolute Gasteiger partial charge is 0.466 e. The molecule has 0 bridgehead atoms. The number of primary amides is 1. The third-order valence-electron chi connectivity index (χ3n) is 6.31. The predicted octanol–water partition coefficient (Wildman–Crippen LogP) is 3.67. The van der Waals surface area contributed by atoms with Crippen molar-refractivity contribution in [3.63, 3.8) is 0 Å². The van der Waals surface area contributed by atoms with Crippen LogP contribution in [0, 0.1) is 11.8 Å². The zero-order valence-electron chi connectivity index (χ0n) is 17.6. The number of hydrogen-bond donors (Lipinski definition) is 2. The Morgan fingerprint density at radius 3 is 2.67 bits per heavy atom. The number of piperidine rings is 1. The first-order valence-electron chi connectivity index (χ1n) is 11.0. The van der Waals surface area contributed by atoms with Crippen molar-refractivity contribution < 1.29 is 14.0 Å². The van der Waals surface area contributed by atoms with Gasteiger partial charge in [-0.25, -0.2) is 0 Å². The van der Waals surface area contributed by atoms with Gasteiger partial charge >= 0.3 is 0 Å². The summed E-state index contributed by atoms with van der Waals surface area (Å²) in [6.07, 6.45) is 4.10. The van der Waals surface area contributed by atoms with E-state index in [1.807, 2.05) is 36.4 Å². The molecule has 3 N–H and O–H groups in total. The lowest BCUT2D eigenvalue weighted by atomic mass is 9.97. The van der Waals surface area contributed by atoms with Crippen molar-refractivity contribution in [3.8, 4) is 0 Å². The Bertz CT molecular complexity index is 889. The number of likely N-dealkylation sites (tertiary alicyclic amines) is 1. The van der Waals surface area contributed by atoms with Crippen molar-refractivity contribution in [2.24, 2.45) is 17.6 Å². The monoisotopic (exact) mass is 409 g/mol. The highest BCUT2D eigenvalue weighted by atomic mass is 16.3. The maximum Gasteiger partial charge on any atom is 0.224 e. The van der Waals surface area contributed by atoms with E-state index in [2.05, 4.69) is 17.1 Å². The number of rotatable bonds is 8. The summed E-state index contributed by atoms with van der Waals surface area (Å²) in [5.74, 6) is 2.96. The number of amides is 2. The Morgan fingerprint density at radius 2 is 1.97 bits per heavy atom. The second kappa shape index (κ2) is 9.04. The molecular formula is C24H31N3O3. The minimum Gasteiger partial charge on any atom is -0.466 e. The fraction of sp³-hybridized carbons (Fsp3) is 0.500. The summed E-state index contributed by atoms with van der Waals surface area (Å²) in [5, 5.41) is 2.96. The molecule has 2 aromatic rings. The average molecular weight is 410 g/mol. The van der Waals surface area contributed by atoms with Crippen LogP contribution in [0.2, 0.25) is 0 Å². The first-order chi connectivity index (χ1) is 14.5. The maximum absolute atomic E-state index is 12.3. The minimum absolute atomic E-state index is 0.0131. The Hall–Kier alpha value is -2.60. The van der Waals surface area contributed by atoms with Crippen LogP contribution in [-0.4, -0.2) is 29.8 Å².